The summed E-state index contributed by atoms with van der Waals surface area (Å²) in [5, 5.41) is 8.59. The van der Waals surface area contributed by atoms with Gasteiger partial charge in [0.25, 0.3) is 0 Å². The van der Waals surface area contributed by atoms with Crippen molar-refractivity contribution in [2.45, 2.75) is 20.3 Å². The number of carbonyl (C=O) groups is 1. The Kier molecular flexibility index (Phi) is 3.20. The molecule has 0 heterocycles. The Morgan fingerprint density at radius 2 is 2.08 bits per heavy atom. The smallest absolute Gasteiger partial charge is 0.162 e. The standard InChI is InChI=1S/C11H14O2/c1-8-3-4-10(9(2)5-8)6-11(13)7-12/h3-5,12H,6-7H2,1-2H3. The third-order valence-electron chi connectivity index (χ3n) is 2.06. The Balaban J connectivity index is 2.83. The molecule has 0 saturated heterocycles. The molecule has 0 aliphatic rings. The van der Waals surface area contributed by atoms with Gasteiger partial charge in [0.05, 0.1) is 0 Å². The predicted octanol–water partition coefficient (Wildman–Crippen LogP) is 1.41. The molecule has 70 valence electrons. The number of Topliss-reactive ketones (excluding diaryl/α,β-unsaturated/α-hetero) is 1. The third-order valence-corrected chi connectivity index (χ3v) is 2.06. The van der Waals surface area contributed by atoms with Gasteiger partial charge < -0.3 is 5.11 Å². The number of benzene rings is 1. The lowest BCUT2D eigenvalue weighted by molar-refractivity contribution is -0.121. The lowest BCUT2D eigenvalue weighted by Gasteiger charge is -2.04. The fourth-order valence-electron chi connectivity index (χ4n) is 1.31. The number of ketones is 1. The van der Waals surface area contributed by atoms with Gasteiger partial charge in [-0.25, -0.2) is 0 Å². The molecule has 2 heteroatoms. The molecule has 0 spiro atoms. The van der Waals surface area contributed by atoms with Crippen LogP contribution in [0.25, 0.3) is 0 Å². The van der Waals surface area contributed by atoms with Gasteiger partial charge in [0, 0.05) is 6.42 Å². The van der Waals surface area contributed by atoms with Gasteiger partial charge in [-0.1, -0.05) is 23.8 Å². The molecule has 2 nitrogen and oxygen atoms in total. The van der Waals surface area contributed by atoms with E-state index in [1.165, 1.54) is 5.56 Å². The minimum atomic E-state index is -0.368. The molecule has 13 heavy (non-hydrogen) atoms. The van der Waals surface area contributed by atoms with E-state index in [0.29, 0.717) is 6.42 Å². The van der Waals surface area contributed by atoms with Crippen molar-refractivity contribution < 1.29 is 9.90 Å². The van der Waals surface area contributed by atoms with Crippen LogP contribution in [0, 0.1) is 13.8 Å². The van der Waals surface area contributed by atoms with Gasteiger partial charge in [-0.15, -0.1) is 0 Å². The minimum Gasteiger partial charge on any atom is -0.389 e. The highest BCUT2D eigenvalue weighted by Crippen LogP contribution is 2.11. The fourth-order valence-corrected chi connectivity index (χ4v) is 1.31. The van der Waals surface area contributed by atoms with Crippen LogP contribution in [-0.4, -0.2) is 17.5 Å². The summed E-state index contributed by atoms with van der Waals surface area (Å²) < 4.78 is 0. The fraction of sp³-hybridized carbons (Fsp3) is 0.364. The molecular weight excluding hydrogens is 164 g/mol. The van der Waals surface area contributed by atoms with E-state index in [1.54, 1.807) is 0 Å². The van der Waals surface area contributed by atoms with Gasteiger partial charge >= 0.3 is 0 Å². The highest BCUT2D eigenvalue weighted by atomic mass is 16.3. The van der Waals surface area contributed by atoms with Crippen LogP contribution in [0.4, 0.5) is 0 Å². The van der Waals surface area contributed by atoms with Crippen molar-refractivity contribution >= 4 is 5.78 Å². The third kappa shape index (κ3) is 2.67. The highest BCUT2D eigenvalue weighted by molar-refractivity contribution is 5.82. The first-order valence-corrected chi connectivity index (χ1v) is 4.32. The topological polar surface area (TPSA) is 37.3 Å². The molecule has 0 unspecified atom stereocenters. The van der Waals surface area contributed by atoms with Crippen molar-refractivity contribution in [3.8, 4) is 0 Å². The molecule has 1 rings (SSSR count). The molecule has 1 N–H and O–H groups in total. The number of carbonyl (C=O) groups excluding carboxylic acids is 1. The van der Waals surface area contributed by atoms with Crippen molar-refractivity contribution in [3.63, 3.8) is 0 Å². The molecular formula is C11H14O2. The molecule has 0 saturated carbocycles. The van der Waals surface area contributed by atoms with Gasteiger partial charge in [0.2, 0.25) is 0 Å². The van der Waals surface area contributed by atoms with Crippen molar-refractivity contribution in [3.05, 3.63) is 34.9 Å². The van der Waals surface area contributed by atoms with Crippen LogP contribution < -0.4 is 0 Å². The summed E-state index contributed by atoms with van der Waals surface area (Å²) in [4.78, 5) is 11.0. The van der Waals surface area contributed by atoms with Crippen molar-refractivity contribution in [1.82, 2.24) is 0 Å². The summed E-state index contributed by atoms with van der Waals surface area (Å²) in [6.07, 6.45) is 0.336. The molecule has 0 atom stereocenters. The van der Waals surface area contributed by atoms with Crippen LogP contribution >= 0.6 is 0 Å². The zero-order valence-corrected chi connectivity index (χ0v) is 8.00. The Labute approximate surface area is 78.2 Å². The predicted molar refractivity (Wildman–Crippen MR) is 51.7 cm³/mol. The summed E-state index contributed by atoms with van der Waals surface area (Å²) in [6, 6.07) is 5.96. The lowest BCUT2D eigenvalue weighted by atomic mass is 10.0. The second-order valence-corrected chi connectivity index (χ2v) is 3.30. The monoisotopic (exact) mass is 178 g/mol. The van der Waals surface area contributed by atoms with Crippen LogP contribution in [0.2, 0.25) is 0 Å². The van der Waals surface area contributed by atoms with E-state index < -0.39 is 0 Å². The number of aliphatic hydroxyl groups is 1. The van der Waals surface area contributed by atoms with E-state index >= 15 is 0 Å². The maximum Gasteiger partial charge on any atom is 0.162 e. The van der Waals surface area contributed by atoms with Crippen molar-refractivity contribution in [2.75, 3.05) is 6.61 Å². The summed E-state index contributed by atoms with van der Waals surface area (Å²) in [7, 11) is 0. The molecule has 0 aliphatic carbocycles. The summed E-state index contributed by atoms with van der Waals surface area (Å²) in [5.41, 5.74) is 3.31. The first kappa shape index (κ1) is 9.93. The van der Waals surface area contributed by atoms with Gasteiger partial charge in [-0.3, -0.25) is 4.79 Å². The van der Waals surface area contributed by atoms with E-state index in [0.717, 1.165) is 11.1 Å². The Morgan fingerprint density at radius 3 is 2.62 bits per heavy atom. The molecule has 1 aromatic rings. The van der Waals surface area contributed by atoms with E-state index in [9.17, 15) is 4.79 Å². The summed E-state index contributed by atoms with van der Waals surface area (Å²) >= 11 is 0. The number of hydrogen-bond acceptors (Lipinski definition) is 2. The summed E-state index contributed by atoms with van der Waals surface area (Å²) in [6.45, 7) is 3.63. The number of aliphatic hydroxyl groups excluding tert-OH is 1. The van der Waals surface area contributed by atoms with E-state index in [4.69, 9.17) is 5.11 Å². The number of hydrogen-bond donors (Lipinski definition) is 1. The molecule has 0 aromatic heterocycles. The maximum absolute atomic E-state index is 11.0. The molecule has 0 fully saturated rings. The van der Waals surface area contributed by atoms with Crippen molar-refractivity contribution in [2.24, 2.45) is 0 Å². The van der Waals surface area contributed by atoms with Crippen LogP contribution in [-0.2, 0) is 11.2 Å². The second-order valence-electron chi connectivity index (χ2n) is 3.30. The average molecular weight is 178 g/mol. The highest BCUT2D eigenvalue weighted by Gasteiger charge is 2.04. The quantitative estimate of drug-likeness (QED) is 0.759. The normalized spacial score (nSPS) is 10.1. The molecule has 0 aliphatic heterocycles. The molecule has 0 radical (unpaired) electrons. The lowest BCUT2D eigenvalue weighted by Crippen LogP contribution is -2.08. The van der Waals surface area contributed by atoms with Crippen LogP contribution in [0.3, 0.4) is 0 Å². The first-order chi connectivity index (χ1) is 6.13. The maximum atomic E-state index is 11.0. The molecule has 0 amide bonds. The van der Waals surface area contributed by atoms with Crippen LogP contribution in [0.5, 0.6) is 0 Å². The molecule has 0 bridgehead atoms. The number of rotatable bonds is 3. The van der Waals surface area contributed by atoms with Gasteiger partial charge in [0.1, 0.15) is 6.61 Å². The second kappa shape index (κ2) is 4.19. The molecule has 1 aromatic carbocycles. The Morgan fingerprint density at radius 1 is 1.38 bits per heavy atom. The van der Waals surface area contributed by atoms with E-state index in [2.05, 4.69) is 0 Å². The SMILES string of the molecule is Cc1ccc(CC(=O)CO)c(C)c1. The van der Waals surface area contributed by atoms with Gasteiger partial charge in [-0.2, -0.15) is 0 Å². The van der Waals surface area contributed by atoms with Crippen LogP contribution in [0.1, 0.15) is 16.7 Å². The van der Waals surface area contributed by atoms with Gasteiger partial charge in [0.15, 0.2) is 5.78 Å². The summed E-state index contributed by atoms with van der Waals surface area (Å²) in [5.74, 6) is -0.132. The van der Waals surface area contributed by atoms with Gasteiger partial charge in [-0.05, 0) is 25.0 Å². The zero-order valence-electron chi connectivity index (χ0n) is 8.00. The first-order valence-electron chi connectivity index (χ1n) is 4.32. The van der Waals surface area contributed by atoms with E-state index in [-0.39, 0.29) is 12.4 Å². The van der Waals surface area contributed by atoms with E-state index in [1.807, 2.05) is 32.0 Å². The Hall–Kier alpha value is -1.15. The average Bonchev–Trinajstić information content (AvgIpc) is 2.09. The zero-order chi connectivity index (χ0) is 9.84. The Bertz CT molecular complexity index is 316. The van der Waals surface area contributed by atoms with Crippen LogP contribution in [0.15, 0.2) is 18.2 Å². The minimum absolute atomic E-state index is 0.132. The number of aryl methyl sites for hydroxylation is 2. The largest absolute Gasteiger partial charge is 0.389 e. The van der Waals surface area contributed by atoms with Crippen molar-refractivity contribution in [1.29, 1.82) is 0 Å².